The van der Waals surface area contributed by atoms with Crippen molar-refractivity contribution in [2.45, 2.75) is 6.54 Å². The molecule has 31 heavy (non-hydrogen) atoms. The third-order valence-electron chi connectivity index (χ3n) is 5.52. The number of nitrogens with one attached hydrogen (secondary N) is 1. The molecule has 1 aliphatic rings. The predicted molar refractivity (Wildman–Crippen MR) is 129 cm³/mol. The summed E-state index contributed by atoms with van der Waals surface area (Å²) in [7, 11) is 1.72. The second-order valence-corrected chi connectivity index (χ2v) is 8.51. The average Bonchev–Trinajstić information content (AvgIpc) is 2.81. The number of carbonyl (C=O) groups is 1. The summed E-state index contributed by atoms with van der Waals surface area (Å²) in [5, 5.41) is 2.93. The first-order valence-electron chi connectivity index (χ1n) is 10.4. The number of piperazine rings is 1. The molecule has 0 spiro atoms. The Balaban J connectivity index is 1.30. The fourth-order valence-electron chi connectivity index (χ4n) is 3.79. The van der Waals surface area contributed by atoms with E-state index in [1.54, 1.807) is 7.11 Å². The van der Waals surface area contributed by atoms with Crippen molar-refractivity contribution < 1.29 is 9.53 Å². The van der Waals surface area contributed by atoms with E-state index in [0.29, 0.717) is 5.56 Å². The van der Waals surface area contributed by atoms with Gasteiger partial charge in [-0.2, -0.15) is 0 Å². The van der Waals surface area contributed by atoms with Gasteiger partial charge >= 0.3 is 0 Å². The molecule has 1 saturated heterocycles. The fraction of sp³-hybridized carbons (Fsp3) is 0.240. The standard InChI is InChI=1S/C25H26BrN3O2/c1-31-24-5-3-2-4-23(24)29-16-14-28(15-17-29)18-19-6-8-20(9-7-19)25(30)27-22-12-10-21(26)11-13-22/h2-13H,14-18H2,1H3,(H,27,30). The van der Waals surface area contributed by atoms with Gasteiger partial charge in [-0.25, -0.2) is 0 Å². The lowest BCUT2D eigenvalue weighted by atomic mass is 10.1. The summed E-state index contributed by atoms with van der Waals surface area (Å²) >= 11 is 3.40. The van der Waals surface area contributed by atoms with Crippen molar-refractivity contribution in [3.05, 3.63) is 88.4 Å². The van der Waals surface area contributed by atoms with Crippen molar-refractivity contribution >= 4 is 33.2 Å². The Bertz CT molecular complexity index is 1010. The Kier molecular flexibility index (Phi) is 6.89. The van der Waals surface area contributed by atoms with Gasteiger partial charge in [-0.3, -0.25) is 9.69 Å². The molecule has 0 aliphatic carbocycles. The van der Waals surface area contributed by atoms with Gasteiger partial charge in [0, 0.05) is 48.4 Å². The largest absolute Gasteiger partial charge is 0.495 e. The lowest BCUT2D eigenvalue weighted by molar-refractivity contribution is 0.102. The summed E-state index contributed by atoms with van der Waals surface area (Å²) in [6, 6.07) is 23.6. The molecule has 0 radical (unpaired) electrons. The monoisotopic (exact) mass is 479 g/mol. The topological polar surface area (TPSA) is 44.8 Å². The number of hydrogen-bond acceptors (Lipinski definition) is 4. The van der Waals surface area contributed by atoms with E-state index in [0.717, 1.165) is 54.3 Å². The van der Waals surface area contributed by atoms with E-state index in [1.807, 2.05) is 60.7 Å². The maximum atomic E-state index is 12.5. The first-order valence-corrected chi connectivity index (χ1v) is 11.2. The number of amides is 1. The van der Waals surface area contributed by atoms with Crippen LogP contribution in [0, 0.1) is 0 Å². The normalized spacial score (nSPS) is 14.3. The molecule has 4 rings (SSSR count). The van der Waals surface area contributed by atoms with Crippen LogP contribution >= 0.6 is 15.9 Å². The van der Waals surface area contributed by atoms with E-state index in [1.165, 1.54) is 5.56 Å². The van der Waals surface area contributed by atoms with E-state index in [-0.39, 0.29) is 5.91 Å². The summed E-state index contributed by atoms with van der Waals surface area (Å²) in [4.78, 5) is 17.3. The summed E-state index contributed by atoms with van der Waals surface area (Å²) in [6.07, 6.45) is 0. The zero-order valence-electron chi connectivity index (χ0n) is 17.6. The van der Waals surface area contributed by atoms with Gasteiger partial charge < -0.3 is 15.0 Å². The highest BCUT2D eigenvalue weighted by Gasteiger charge is 2.19. The van der Waals surface area contributed by atoms with Gasteiger partial charge in [0.25, 0.3) is 5.91 Å². The first kappa shape index (κ1) is 21.4. The maximum Gasteiger partial charge on any atom is 0.255 e. The van der Waals surface area contributed by atoms with Crippen LogP contribution in [-0.2, 0) is 6.54 Å². The van der Waals surface area contributed by atoms with Crippen molar-refractivity contribution in [3.8, 4) is 5.75 Å². The Morgan fingerprint density at radius 1 is 0.935 bits per heavy atom. The highest BCUT2D eigenvalue weighted by atomic mass is 79.9. The van der Waals surface area contributed by atoms with Gasteiger partial charge in [-0.15, -0.1) is 0 Å². The van der Waals surface area contributed by atoms with Crippen LogP contribution in [0.1, 0.15) is 15.9 Å². The van der Waals surface area contributed by atoms with Crippen LogP contribution in [0.25, 0.3) is 0 Å². The van der Waals surface area contributed by atoms with E-state index in [9.17, 15) is 4.79 Å². The Hall–Kier alpha value is -2.83. The lowest BCUT2D eigenvalue weighted by Crippen LogP contribution is -2.46. The van der Waals surface area contributed by atoms with Crippen LogP contribution in [0.2, 0.25) is 0 Å². The Labute approximate surface area is 191 Å². The molecule has 0 aromatic heterocycles. The quantitative estimate of drug-likeness (QED) is 0.538. The van der Waals surface area contributed by atoms with Gasteiger partial charge in [-0.1, -0.05) is 40.2 Å². The summed E-state index contributed by atoms with van der Waals surface area (Å²) in [5.74, 6) is 0.826. The number of benzene rings is 3. The van der Waals surface area contributed by atoms with Crippen LogP contribution in [0.4, 0.5) is 11.4 Å². The zero-order chi connectivity index (χ0) is 21.6. The third kappa shape index (κ3) is 5.46. The fourth-order valence-corrected chi connectivity index (χ4v) is 4.06. The van der Waals surface area contributed by atoms with Crippen LogP contribution in [-0.4, -0.2) is 44.1 Å². The minimum Gasteiger partial charge on any atom is -0.495 e. The van der Waals surface area contributed by atoms with Gasteiger partial charge in [0.05, 0.1) is 12.8 Å². The van der Waals surface area contributed by atoms with Crippen LogP contribution in [0.15, 0.2) is 77.3 Å². The summed E-state index contributed by atoms with van der Waals surface area (Å²) in [6.45, 7) is 4.80. The lowest BCUT2D eigenvalue weighted by Gasteiger charge is -2.36. The molecular formula is C25H26BrN3O2. The number of carbonyl (C=O) groups excluding carboxylic acids is 1. The van der Waals surface area contributed by atoms with E-state index in [4.69, 9.17) is 4.74 Å². The number of anilines is 2. The van der Waals surface area contributed by atoms with E-state index >= 15 is 0 Å². The SMILES string of the molecule is COc1ccccc1N1CCN(Cc2ccc(C(=O)Nc3ccc(Br)cc3)cc2)CC1. The molecule has 160 valence electrons. The molecule has 0 atom stereocenters. The number of methoxy groups -OCH3 is 1. The number of hydrogen-bond donors (Lipinski definition) is 1. The molecule has 1 amide bonds. The molecule has 1 N–H and O–H groups in total. The van der Waals surface area contributed by atoms with Crippen LogP contribution in [0.3, 0.4) is 0 Å². The second-order valence-electron chi connectivity index (χ2n) is 7.59. The number of rotatable bonds is 6. The summed E-state index contributed by atoms with van der Waals surface area (Å²) in [5.41, 5.74) is 3.81. The highest BCUT2D eigenvalue weighted by Crippen LogP contribution is 2.28. The minimum atomic E-state index is -0.0979. The molecule has 5 nitrogen and oxygen atoms in total. The highest BCUT2D eigenvalue weighted by molar-refractivity contribution is 9.10. The van der Waals surface area contributed by atoms with Gasteiger partial charge in [0.2, 0.25) is 0 Å². The van der Waals surface area contributed by atoms with Crippen molar-refractivity contribution in [1.29, 1.82) is 0 Å². The molecule has 3 aromatic rings. The molecule has 6 heteroatoms. The molecule has 0 unspecified atom stereocenters. The van der Waals surface area contributed by atoms with Crippen molar-refractivity contribution in [1.82, 2.24) is 4.90 Å². The second kappa shape index (κ2) is 9.98. The number of para-hydroxylation sites is 2. The summed E-state index contributed by atoms with van der Waals surface area (Å²) < 4.78 is 6.49. The van der Waals surface area contributed by atoms with Gasteiger partial charge in [-0.05, 0) is 54.1 Å². The minimum absolute atomic E-state index is 0.0979. The zero-order valence-corrected chi connectivity index (χ0v) is 19.1. The molecule has 3 aromatic carbocycles. The van der Waals surface area contributed by atoms with Crippen molar-refractivity contribution in [2.75, 3.05) is 43.5 Å². The van der Waals surface area contributed by atoms with Gasteiger partial charge in [0.15, 0.2) is 0 Å². The molecule has 0 saturated carbocycles. The first-order chi connectivity index (χ1) is 15.1. The third-order valence-corrected chi connectivity index (χ3v) is 6.05. The number of ether oxygens (including phenoxy) is 1. The Morgan fingerprint density at radius 2 is 1.61 bits per heavy atom. The Morgan fingerprint density at radius 3 is 2.29 bits per heavy atom. The number of halogens is 1. The van der Waals surface area contributed by atoms with Gasteiger partial charge in [0.1, 0.15) is 5.75 Å². The molecule has 1 heterocycles. The smallest absolute Gasteiger partial charge is 0.255 e. The molecular weight excluding hydrogens is 454 g/mol. The average molecular weight is 480 g/mol. The van der Waals surface area contributed by atoms with Crippen molar-refractivity contribution in [2.24, 2.45) is 0 Å². The molecule has 1 fully saturated rings. The predicted octanol–water partition coefficient (Wildman–Crippen LogP) is 5.03. The molecule has 0 bridgehead atoms. The number of nitrogens with zero attached hydrogens (tertiary/aromatic N) is 2. The maximum absolute atomic E-state index is 12.5. The van der Waals surface area contributed by atoms with Crippen molar-refractivity contribution in [3.63, 3.8) is 0 Å². The van der Waals surface area contributed by atoms with E-state index in [2.05, 4.69) is 43.2 Å². The molecule has 1 aliphatic heterocycles. The van der Waals surface area contributed by atoms with Crippen LogP contribution < -0.4 is 15.0 Å². The van der Waals surface area contributed by atoms with Crippen LogP contribution in [0.5, 0.6) is 5.75 Å². The van der Waals surface area contributed by atoms with E-state index < -0.39 is 0 Å².